The van der Waals surface area contributed by atoms with E-state index >= 15 is 0 Å². The lowest BCUT2D eigenvalue weighted by Gasteiger charge is -2.64. The predicted octanol–water partition coefficient (Wildman–Crippen LogP) is 5.83. The number of aryl methyl sites for hydroxylation is 2. The van der Waals surface area contributed by atoms with E-state index in [0.29, 0.717) is 6.04 Å². The van der Waals surface area contributed by atoms with Gasteiger partial charge in [0.05, 0.1) is 11.1 Å². The summed E-state index contributed by atoms with van der Waals surface area (Å²) in [5.74, 6) is 1.19. The SMILES string of the molecule is Cc1ccc2c3c1O[C@H]1c4c(c5c6ccccc6ccc5n4C)C[C@@]4(C)[C@@H](C2)N(C)CC[C@]314. The van der Waals surface area contributed by atoms with Crippen molar-refractivity contribution in [3.63, 3.8) is 0 Å². The van der Waals surface area contributed by atoms with Gasteiger partial charge in [-0.25, -0.2) is 0 Å². The Labute approximate surface area is 195 Å². The minimum absolute atomic E-state index is 0.0596. The smallest absolute Gasteiger partial charge is 0.149 e. The van der Waals surface area contributed by atoms with Gasteiger partial charge in [-0.15, -0.1) is 0 Å². The Kier molecular flexibility index (Phi) is 3.18. The number of rotatable bonds is 0. The Morgan fingerprint density at radius 2 is 1.88 bits per heavy atom. The molecule has 0 saturated carbocycles. The van der Waals surface area contributed by atoms with Crippen LogP contribution in [-0.2, 0) is 25.3 Å². The molecule has 0 radical (unpaired) electrons. The molecule has 4 aliphatic rings. The third kappa shape index (κ3) is 1.85. The van der Waals surface area contributed by atoms with Crippen LogP contribution in [-0.4, -0.2) is 29.1 Å². The number of fused-ring (bicyclic) bond motifs is 6. The summed E-state index contributed by atoms with van der Waals surface area (Å²) in [5, 5.41) is 4.16. The first-order chi connectivity index (χ1) is 16.0. The van der Waals surface area contributed by atoms with Crippen molar-refractivity contribution in [1.82, 2.24) is 9.47 Å². The lowest BCUT2D eigenvalue weighted by molar-refractivity contribution is -0.0912. The van der Waals surface area contributed by atoms with Crippen LogP contribution in [0.1, 0.15) is 47.4 Å². The Balaban J connectivity index is 1.53. The highest BCUT2D eigenvalue weighted by Gasteiger charge is 2.70. The van der Waals surface area contributed by atoms with Crippen molar-refractivity contribution in [2.45, 2.75) is 50.7 Å². The molecule has 33 heavy (non-hydrogen) atoms. The number of likely N-dealkylation sites (tertiary alicyclic amines) is 1. The normalized spacial score (nSPS) is 31.5. The third-order valence-corrected chi connectivity index (χ3v) is 10.2. The molecule has 1 fully saturated rings. The van der Waals surface area contributed by atoms with E-state index in [2.05, 4.69) is 85.9 Å². The minimum atomic E-state index is 0.0596. The molecular weight excluding hydrogens is 404 g/mol. The molecule has 3 heterocycles. The van der Waals surface area contributed by atoms with Crippen LogP contribution in [0.25, 0.3) is 21.7 Å². The molecule has 0 unspecified atom stereocenters. The molecule has 166 valence electrons. The predicted molar refractivity (Wildman–Crippen MR) is 133 cm³/mol. The van der Waals surface area contributed by atoms with E-state index < -0.39 is 0 Å². The summed E-state index contributed by atoms with van der Waals surface area (Å²) in [6, 6.07) is 18.7. The highest BCUT2D eigenvalue weighted by Crippen LogP contribution is 2.71. The maximum absolute atomic E-state index is 7.12. The van der Waals surface area contributed by atoms with Crippen LogP contribution in [0.4, 0.5) is 0 Å². The summed E-state index contributed by atoms with van der Waals surface area (Å²) >= 11 is 0. The highest BCUT2D eigenvalue weighted by molar-refractivity contribution is 6.09. The van der Waals surface area contributed by atoms with Crippen LogP contribution < -0.4 is 4.74 Å². The monoisotopic (exact) mass is 434 g/mol. The largest absolute Gasteiger partial charge is 0.483 e. The molecule has 4 atom stereocenters. The number of nitrogens with zero attached hydrogens (tertiary/aromatic N) is 2. The average molecular weight is 435 g/mol. The molecule has 0 N–H and O–H groups in total. The van der Waals surface area contributed by atoms with E-state index in [-0.39, 0.29) is 16.9 Å². The van der Waals surface area contributed by atoms with Gasteiger partial charge in [0.1, 0.15) is 11.9 Å². The van der Waals surface area contributed by atoms with Crippen LogP contribution in [0.5, 0.6) is 5.75 Å². The van der Waals surface area contributed by atoms with Crippen LogP contribution in [0.3, 0.4) is 0 Å². The molecule has 2 aliphatic heterocycles. The second kappa shape index (κ2) is 5.64. The van der Waals surface area contributed by atoms with Crippen LogP contribution >= 0.6 is 0 Å². The number of piperidine rings is 1. The first-order valence-electron chi connectivity index (χ1n) is 12.4. The van der Waals surface area contributed by atoms with E-state index in [1.54, 1.807) is 5.56 Å². The molecule has 1 spiro atoms. The van der Waals surface area contributed by atoms with E-state index in [4.69, 9.17) is 4.74 Å². The summed E-state index contributed by atoms with van der Waals surface area (Å²) in [4.78, 5) is 2.65. The van der Waals surface area contributed by atoms with Crippen molar-refractivity contribution in [3.05, 3.63) is 76.5 Å². The molecule has 3 aromatic carbocycles. The molecular formula is C30H30N2O. The highest BCUT2D eigenvalue weighted by atomic mass is 16.5. The zero-order valence-electron chi connectivity index (χ0n) is 19.9. The topological polar surface area (TPSA) is 17.4 Å². The molecule has 1 aromatic heterocycles. The van der Waals surface area contributed by atoms with Gasteiger partial charge in [-0.2, -0.15) is 0 Å². The number of benzene rings is 3. The Hall–Kier alpha value is -2.78. The Bertz CT molecular complexity index is 1530. The van der Waals surface area contributed by atoms with Gasteiger partial charge in [-0.05, 0) is 73.3 Å². The summed E-state index contributed by atoms with van der Waals surface area (Å²) in [6.45, 7) is 5.98. The molecule has 1 saturated heterocycles. The van der Waals surface area contributed by atoms with Gasteiger partial charge < -0.3 is 14.2 Å². The quantitative estimate of drug-likeness (QED) is 0.346. The second-order valence-electron chi connectivity index (χ2n) is 11.4. The van der Waals surface area contributed by atoms with Gasteiger partial charge >= 0.3 is 0 Å². The molecule has 3 heteroatoms. The van der Waals surface area contributed by atoms with Gasteiger partial charge in [0, 0.05) is 35.0 Å². The molecule has 4 aromatic rings. The summed E-state index contributed by atoms with van der Waals surface area (Å²) in [5.41, 5.74) is 8.88. The summed E-state index contributed by atoms with van der Waals surface area (Å²) in [6.07, 6.45) is 3.52. The maximum Gasteiger partial charge on any atom is 0.149 e. The van der Waals surface area contributed by atoms with Crippen LogP contribution in [0.2, 0.25) is 0 Å². The zero-order chi connectivity index (χ0) is 22.3. The fourth-order valence-corrected chi connectivity index (χ4v) is 8.66. The van der Waals surface area contributed by atoms with Crippen molar-refractivity contribution in [1.29, 1.82) is 0 Å². The van der Waals surface area contributed by atoms with Crippen LogP contribution in [0.15, 0.2) is 48.5 Å². The second-order valence-corrected chi connectivity index (χ2v) is 11.4. The number of hydrogen-bond acceptors (Lipinski definition) is 2. The third-order valence-electron chi connectivity index (χ3n) is 10.2. The lowest BCUT2D eigenvalue weighted by Crippen LogP contribution is -2.68. The number of aromatic nitrogens is 1. The van der Waals surface area contributed by atoms with Gasteiger partial charge in [0.15, 0.2) is 0 Å². The van der Waals surface area contributed by atoms with E-state index in [9.17, 15) is 0 Å². The average Bonchev–Trinajstić information content (AvgIpc) is 3.30. The van der Waals surface area contributed by atoms with E-state index in [1.165, 1.54) is 56.2 Å². The van der Waals surface area contributed by atoms with Gasteiger partial charge in [0.2, 0.25) is 0 Å². The molecule has 8 rings (SSSR count). The zero-order valence-corrected chi connectivity index (χ0v) is 19.9. The van der Waals surface area contributed by atoms with Gasteiger partial charge in [-0.1, -0.05) is 49.4 Å². The first kappa shape index (κ1) is 18.6. The molecule has 3 nitrogen and oxygen atoms in total. The Morgan fingerprint density at radius 1 is 1.03 bits per heavy atom. The number of ether oxygens (including phenoxy) is 1. The number of hydrogen-bond donors (Lipinski definition) is 0. The molecule has 2 bridgehead atoms. The molecule has 0 amide bonds. The minimum Gasteiger partial charge on any atom is -0.483 e. The summed E-state index contributed by atoms with van der Waals surface area (Å²) in [7, 11) is 4.62. The maximum atomic E-state index is 7.12. The van der Waals surface area contributed by atoms with Crippen molar-refractivity contribution in [2.75, 3.05) is 13.6 Å². The lowest BCUT2D eigenvalue weighted by atomic mass is 9.44. The number of likely N-dealkylation sites (N-methyl/N-ethyl adjacent to an activating group) is 1. The first-order valence-corrected chi connectivity index (χ1v) is 12.4. The van der Waals surface area contributed by atoms with Crippen molar-refractivity contribution >= 4 is 21.7 Å². The summed E-state index contributed by atoms with van der Waals surface area (Å²) < 4.78 is 9.59. The Morgan fingerprint density at radius 3 is 2.76 bits per heavy atom. The van der Waals surface area contributed by atoms with Crippen molar-refractivity contribution in [2.24, 2.45) is 12.5 Å². The molecule has 2 aliphatic carbocycles. The fourth-order valence-electron chi connectivity index (χ4n) is 8.66. The fraction of sp³-hybridized carbons (Fsp3) is 0.400. The van der Waals surface area contributed by atoms with E-state index in [0.717, 1.165) is 19.4 Å². The van der Waals surface area contributed by atoms with Crippen molar-refractivity contribution < 1.29 is 4.74 Å². The van der Waals surface area contributed by atoms with Gasteiger partial charge in [-0.3, -0.25) is 0 Å². The van der Waals surface area contributed by atoms with E-state index in [1.807, 2.05) is 0 Å². The van der Waals surface area contributed by atoms with Crippen LogP contribution in [0, 0.1) is 12.3 Å². The van der Waals surface area contributed by atoms with Crippen molar-refractivity contribution in [3.8, 4) is 5.75 Å². The standard InChI is InChI=1S/C30H30N2O/c1-17-9-10-19-15-23-29(2)16-21-24-20-8-6-5-7-18(20)11-12-22(24)32(4)26(21)28-30(29,13-14-31(23)3)25(19)27(17)33-28/h5-12,23,28H,13-16H2,1-4H3/t23-,28+,29+,30+/m1/s1. The van der Waals surface area contributed by atoms with Gasteiger partial charge in [0.25, 0.3) is 0 Å².